The Hall–Kier alpha value is -3.20. The summed E-state index contributed by atoms with van der Waals surface area (Å²) in [4.78, 5) is 8.16. The average Bonchev–Trinajstić information content (AvgIpc) is 3.16. The first-order chi connectivity index (χ1) is 14.1. The third-order valence-electron chi connectivity index (χ3n) is 5.41. The molecule has 0 aliphatic rings. The summed E-state index contributed by atoms with van der Waals surface area (Å²) in [5.74, 6) is -0.219. The van der Waals surface area contributed by atoms with Gasteiger partial charge in [-0.3, -0.25) is 4.99 Å². The number of aryl methyl sites for hydroxylation is 1. The number of H-pyrrole nitrogens is 1. The molecule has 0 atom stereocenters. The van der Waals surface area contributed by atoms with Crippen molar-refractivity contribution in [3.8, 4) is 11.1 Å². The smallest absolute Gasteiger partial charge is 0.123 e. The van der Waals surface area contributed by atoms with Crippen LogP contribution in [0.25, 0.3) is 22.0 Å². The van der Waals surface area contributed by atoms with Gasteiger partial charge in [-0.15, -0.1) is 0 Å². The summed E-state index contributed by atoms with van der Waals surface area (Å²) in [7, 11) is 0. The summed E-state index contributed by atoms with van der Waals surface area (Å²) in [5.41, 5.74) is 7.79. The van der Waals surface area contributed by atoms with Crippen LogP contribution in [0.5, 0.6) is 0 Å². The molecule has 0 spiro atoms. The third-order valence-corrected chi connectivity index (χ3v) is 5.41. The largest absolute Gasteiger partial charge is 0.361 e. The topological polar surface area (TPSA) is 28.1 Å². The van der Waals surface area contributed by atoms with E-state index in [4.69, 9.17) is 4.99 Å². The Morgan fingerprint density at radius 3 is 2.55 bits per heavy atom. The summed E-state index contributed by atoms with van der Waals surface area (Å²) in [6, 6.07) is 21.4. The molecular weight excluding hydrogens is 359 g/mol. The molecule has 0 bridgehead atoms. The van der Waals surface area contributed by atoms with Crippen molar-refractivity contribution in [2.24, 2.45) is 4.99 Å². The molecule has 0 aliphatic carbocycles. The van der Waals surface area contributed by atoms with Gasteiger partial charge in [0.05, 0.1) is 0 Å². The van der Waals surface area contributed by atoms with Gasteiger partial charge in [0.2, 0.25) is 0 Å². The fraction of sp³-hybridized carbons (Fsp3) is 0.192. The predicted octanol–water partition coefficient (Wildman–Crippen LogP) is 6.59. The van der Waals surface area contributed by atoms with Crippen LogP contribution in [0.4, 0.5) is 4.39 Å². The minimum absolute atomic E-state index is 0.219. The van der Waals surface area contributed by atoms with Gasteiger partial charge < -0.3 is 4.98 Å². The van der Waals surface area contributed by atoms with Crippen molar-refractivity contribution >= 4 is 16.6 Å². The van der Waals surface area contributed by atoms with Gasteiger partial charge in [0.15, 0.2) is 0 Å². The standard InChI is InChI=1S/C26H25FN2/c1-3-19-10-11-26-25(14-19)23(17-29-26)12-13-28-18(2)20-6-4-7-21(15-20)22-8-5-9-24(27)16-22/h4-11,14-17,29H,3,12-13H2,1-2H3. The average molecular weight is 384 g/mol. The lowest BCUT2D eigenvalue weighted by atomic mass is 10.0. The quantitative estimate of drug-likeness (QED) is 0.363. The fourth-order valence-electron chi connectivity index (χ4n) is 3.68. The Labute approximate surface area is 171 Å². The summed E-state index contributed by atoms with van der Waals surface area (Å²) < 4.78 is 13.5. The van der Waals surface area contributed by atoms with Gasteiger partial charge in [-0.1, -0.05) is 43.3 Å². The number of aromatic nitrogens is 1. The summed E-state index contributed by atoms with van der Waals surface area (Å²) in [6.45, 7) is 4.95. The van der Waals surface area contributed by atoms with E-state index in [0.717, 1.165) is 41.8 Å². The molecule has 1 N–H and O–H groups in total. The Balaban J connectivity index is 1.50. The maximum Gasteiger partial charge on any atom is 0.123 e. The van der Waals surface area contributed by atoms with Gasteiger partial charge in [0.1, 0.15) is 5.82 Å². The summed E-state index contributed by atoms with van der Waals surface area (Å²) in [6.07, 6.45) is 4.03. The lowest BCUT2D eigenvalue weighted by Crippen LogP contribution is -1.98. The van der Waals surface area contributed by atoms with Gasteiger partial charge in [0.25, 0.3) is 0 Å². The molecule has 1 heterocycles. The third kappa shape index (κ3) is 4.29. The van der Waals surface area contributed by atoms with Crippen LogP contribution in [0.1, 0.15) is 30.5 Å². The van der Waals surface area contributed by atoms with E-state index in [2.05, 4.69) is 48.4 Å². The van der Waals surface area contributed by atoms with Crippen LogP contribution in [0.15, 0.2) is 77.9 Å². The molecule has 0 radical (unpaired) electrons. The molecule has 0 unspecified atom stereocenters. The molecule has 3 heteroatoms. The van der Waals surface area contributed by atoms with E-state index in [-0.39, 0.29) is 5.82 Å². The number of nitrogens with zero attached hydrogens (tertiary/aromatic N) is 1. The highest BCUT2D eigenvalue weighted by atomic mass is 19.1. The van der Waals surface area contributed by atoms with Crippen molar-refractivity contribution < 1.29 is 4.39 Å². The van der Waals surface area contributed by atoms with E-state index in [1.807, 2.05) is 25.1 Å². The number of aromatic amines is 1. The Morgan fingerprint density at radius 2 is 1.76 bits per heavy atom. The van der Waals surface area contributed by atoms with Crippen LogP contribution in [-0.4, -0.2) is 17.2 Å². The minimum atomic E-state index is -0.219. The number of hydrogen-bond donors (Lipinski definition) is 1. The van der Waals surface area contributed by atoms with E-state index < -0.39 is 0 Å². The van der Waals surface area contributed by atoms with Crippen molar-refractivity contribution in [3.63, 3.8) is 0 Å². The Bertz CT molecular complexity index is 1170. The number of nitrogens with one attached hydrogen (secondary N) is 1. The van der Waals surface area contributed by atoms with Crippen molar-refractivity contribution in [1.82, 2.24) is 4.98 Å². The predicted molar refractivity (Wildman–Crippen MR) is 120 cm³/mol. The minimum Gasteiger partial charge on any atom is -0.361 e. The number of aliphatic imine (C=N–C) groups is 1. The van der Waals surface area contributed by atoms with E-state index in [1.165, 1.54) is 28.1 Å². The molecule has 2 nitrogen and oxygen atoms in total. The highest BCUT2D eigenvalue weighted by Crippen LogP contribution is 2.23. The monoisotopic (exact) mass is 384 g/mol. The molecule has 29 heavy (non-hydrogen) atoms. The number of hydrogen-bond acceptors (Lipinski definition) is 1. The molecule has 0 aliphatic heterocycles. The fourth-order valence-corrected chi connectivity index (χ4v) is 3.68. The van der Waals surface area contributed by atoms with Crippen LogP contribution in [0, 0.1) is 5.82 Å². The van der Waals surface area contributed by atoms with E-state index in [0.29, 0.717) is 0 Å². The number of rotatable bonds is 6. The van der Waals surface area contributed by atoms with E-state index >= 15 is 0 Å². The normalized spacial score (nSPS) is 11.9. The zero-order valence-electron chi connectivity index (χ0n) is 16.9. The highest BCUT2D eigenvalue weighted by molar-refractivity contribution is 5.99. The molecule has 1 aromatic heterocycles. The highest BCUT2D eigenvalue weighted by Gasteiger charge is 2.06. The number of halogens is 1. The maximum absolute atomic E-state index is 13.5. The Morgan fingerprint density at radius 1 is 0.966 bits per heavy atom. The first-order valence-corrected chi connectivity index (χ1v) is 10.1. The van der Waals surface area contributed by atoms with Crippen molar-refractivity contribution in [2.75, 3.05) is 6.54 Å². The van der Waals surface area contributed by atoms with Crippen LogP contribution in [0.2, 0.25) is 0 Å². The summed E-state index contributed by atoms with van der Waals surface area (Å²) >= 11 is 0. The molecule has 3 aromatic carbocycles. The second kappa shape index (κ2) is 8.44. The second-order valence-electron chi connectivity index (χ2n) is 7.36. The van der Waals surface area contributed by atoms with Crippen molar-refractivity contribution in [2.45, 2.75) is 26.7 Å². The van der Waals surface area contributed by atoms with Crippen LogP contribution >= 0.6 is 0 Å². The number of fused-ring (bicyclic) bond motifs is 1. The van der Waals surface area contributed by atoms with E-state index in [1.54, 1.807) is 12.1 Å². The first kappa shape index (κ1) is 19.1. The van der Waals surface area contributed by atoms with Gasteiger partial charge in [-0.2, -0.15) is 0 Å². The van der Waals surface area contributed by atoms with Crippen LogP contribution in [0.3, 0.4) is 0 Å². The molecule has 0 fully saturated rings. The molecule has 146 valence electrons. The van der Waals surface area contributed by atoms with Gasteiger partial charge in [-0.05, 0) is 77.9 Å². The van der Waals surface area contributed by atoms with Gasteiger partial charge in [-0.25, -0.2) is 4.39 Å². The second-order valence-corrected chi connectivity index (χ2v) is 7.36. The van der Waals surface area contributed by atoms with Crippen LogP contribution < -0.4 is 0 Å². The first-order valence-electron chi connectivity index (χ1n) is 10.1. The van der Waals surface area contributed by atoms with Gasteiger partial charge >= 0.3 is 0 Å². The molecular formula is C26H25FN2. The van der Waals surface area contributed by atoms with Crippen molar-refractivity contribution in [1.29, 1.82) is 0 Å². The van der Waals surface area contributed by atoms with Crippen LogP contribution in [-0.2, 0) is 12.8 Å². The Kier molecular flexibility index (Phi) is 5.57. The SMILES string of the molecule is CCc1ccc2[nH]cc(CCN=C(C)c3cccc(-c4cccc(F)c4)c3)c2c1. The number of benzene rings is 3. The summed E-state index contributed by atoms with van der Waals surface area (Å²) in [5, 5.41) is 1.30. The zero-order valence-corrected chi connectivity index (χ0v) is 16.9. The lowest BCUT2D eigenvalue weighted by Gasteiger charge is -2.06. The maximum atomic E-state index is 13.5. The lowest BCUT2D eigenvalue weighted by molar-refractivity contribution is 0.628. The van der Waals surface area contributed by atoms with Gasteiger partial charge in [0, 0.05) is 29.4 Å². The molecule has 0 saturated heterocycles. The van der Waals surface area contributed by atoms with E-state index in [9.17, 15) is 4.39 Å². The molecule has 0 amide bonds. The van der Waals surface area contributed by atoms with Crippen molar-refractivity contribution in [3.05, 3.63) is 95.4 Å². The molecule has 4 rings (SSSR count). The molecule has 0 saturated carbocycles. The zero-order chi connectivity index (χ0) is 20.2. The molecule has 4 aromatic rings.